The van der Waals surface area contributed by atoms with Gasteiger partial charge in [-0.3, -0.25) is 14.2 Å². The molecule has 0 saturated carbocycles. The molecule has 3 aromatic rings. The van der Waals surface area contributed by atoms with E-state index in [1.54, 1.807) is 0 Å². The first kappa shape index (κ1) is 20.3. The number of hydrogen-bond donors (Lipinski definition) is 2. The molecule has 0 spiro atoms. The molecular weight excluding hydrogens is 419 g/mol. The highest BCUT2D eigenvalue weighted by Crippen LogP contribution is 2.39. The lowest BCUT2D eigenvalue weighted by Gasteiger charge is -2.18. The van der Waals surface area contributed by atoms with Gasteiger partial charge >= 0.3 is 6.18 Å². The summed E-state index contributed by atoms with van der Waals surface area (Å²) in [7, 11) is 0. The van der Waals surface area contributed by atoms with Gasteiger partial charge in [-0.2, -0.15) is 13.2 Å². The number of nitrogens with zero attached hydrogens (tertiary/aromatic N) is 3. The molecule has 0 fully saturated rings. The Bertz CT molecular complexity index is 1230. The first-order chi connectivity index (χ1) is 14.1. The number of amides is 1. The van der Waals surface area contributed by atoms with Crippen LogP contribution in [0, 0.1) is 5.92 Å². The number of alkyl halides is 3. The van der Waals surface area contributed by atoms with Gasteiger partial charge in [0.2, 0.25) is 0 Å². The number of aryl methyl sites for hydroxylation is 1. The summed E-state index contributed by atoms with van der Waals surface area (Å²) in [5, 5.41) is 0.736. The summed E-state index contributed by atoms with van der Waals surface area (Å²) in [5.41, 5.74) is 9.42. The Morgan fingerprint density at radius 3 is 2.73 bits per heavy atom. The lowest BCUT2D eigenvalue weighted by atomic mass is 9.89. The van der Waals surface area contributed by atoms with Crippen LogP contribution in [0.3, 0.4) is 0 Å². The average Bonchev–Trinajstić information content (AvgIpc) is 2.99. The van der Waals surface area contributed by atoms with Crippen LogP contribution in [-0.2, 0) is 25.6 Å². The number of aromatic nitrogens is 3. The zero-order valence-corrected chi connectivity index (χ0v) is 16.7. The number of pyridine rings is 1. The maximum absolute atomic E-state index is 13.4. The molecule has 0 saturated heterocycles. The van der Waals surface area contributed by atoms with Gasteiger partial charge in [-0.05, 0) is 42.9 Å². The summed E-state index contributed by atoms with van der Waals surface area (Å²) < 4.78 is 40.8. The Balaban J connectivity index is 1.84. The lowest BCUT2D eigenvalue weighted by molar-refractivity contribution is -0.144. The van der Waals surface area contributed by atoms with E-state index in [1.165, 1.54) is 11.3 Å². The highest BCUT2D eigenvalue weighted by molar-refractivity contribution is 7.19. The smallest absolute Gasteiger partial charge is 0.383 e. The number of carbonyl (C=O) groups excluding carboxylic acids is 1. The Labute approximate surface area is 172 Å². The van der Waals surface area contributed by atoms with Gasteiger partial charge < -0.3 is 11.5 Å². The second-order valence-electron chi connectivity index (χ2n) is 7.44. The molecule has 0 aliphatic heterocycles. The minimum Gasteiger partial charge on any atom is -0.383 e. The van der Waals surface area contributed by atoms with Crippen molar-refractivity contribution >= 4 is 33.3 Å². The monoisotopic (exact) mass is 437 g/mol. The maximum Gasteiger partial charge on any atom is 0.431 e. The van der Waals surface area contributed by atoms with Gasteiger partial charge in [-0.1, -0.05) is 6.92 Å². The van der Waals surface area contributed by atoms with Crippen LogP contribution in [0.1, 0.15) is 45.7 Å². The fraction of sp³-hybridized carbons (Fsp3) is 0.368. The molecule has 11 heteroatoms. The van der Waals surface area contributed by atoms with Crippen molar-refractivity contribution < 1.29 is 18.0 Å². The molecule has 158 valence electrons. The summed E-state index contributed by atoms with van der Waals surface area (Å²) in [4.78, 5) is 34.2. The molecule has 0 aromatic carbocycles. The molecule has 4 rings (SSSR count). The first-order valence-electron chi connectivity index (χ1n) is 9.23. The van der Waals surface area contributed by atoms with Crippen molar-refractivity contribution in [1.82, 2.24) is 14.5 Å². The van der Waals surface area contributed by atoms with E-state index in [4.69, 9.17) is 11.5 Å². The SMILES string of the molecule is C[C@H]1CCc2c(sc3nc(Cn4c(C(F)(F)F)ccc(C(N)=O)c4=O)nc(N)c23)C1. The van der Waals surface area contributed by atoms with E-state index in [-0.39, 0.29) is 11.6 Å². The van der Waals surface area contributed by atoms with Crippen molar-refractivity contribution in [1.29, 1.82) is 0 Å². The second-order valence-corrected chi connectivity index (χ2v) is 8.53. The highest BCUT2D eigenvalue weighted by Gasteiger charge is 2.35. The highest BCUT2D eigenvalue weighted by atomic mass is 32.1. The number of thiophene rings is 1. The summed E-state index contributed by atoms with van der Waals surface area (Å²) in [6.45, 7) is 1.57. The Kier molecular flexibility index (Phi) is 4.80. The van der Waals surface area contributed by atoms with E-state index in [9.17, 15) is 22.8 Å². The van der Waals surface area contributed by atoms with Gasteiger partial charge in [0.15, 0.2) is 5.82 Å². The van der Waals surface area contributed by atoms with Crippen LogP contribution >= 0.6 is 11.3 Å². The summed E-state index contributed by atoms with van der Waals surface area (Å²) in [6.07, 6.45) is -2.06. The zero-order chi connectivity index (χ0) is 21.8. The van der Waals surface area contributed by atoms with E-state index in [0.29, 0.717) is 21.4 Å². The third-order valence-electron chi connectivity index (χ3n) is 5.26. The number of fused-ring (bicyclic) bond motifs is 3. The Hall–Kier alpha value is -2.95. The second kappa shape index (κ2) is 7.08. The van der Waals surface area contributed by atoms with Crippen LogP contribution in [0.15, 0.2) is 16.9 Å². The number of carbonyl (C=O) groups is 1. The van der Waals surface area contributed by atoms with Gasteiger partial charge in [0.1, 0.15) is 21.9 Å². The van der Waals surface area contributed by atoms with Crippen LogP contribution in [0.4, 0.5) is 19.0 Å². The first-order valence-corrected chi connectivity index (χ1v) is 10.1. The standard InChI is InChI=1S/C19H18F3N5O2S/c1-8-2-3-9-11(6-8)30-17-14(9)15(23)25-13(26-17)7-27-12(19(20,21)22)5-4-10(16(24)28)18(27)29/h4-5,8H,2-3,6-7H2,1H3,(H2,24,28)(H2,23,25,26)/t8-/m0/s1. The molecule has 1 aliphatic rings. The van der Waals surface area contributed by atoms with E-state index in [1.807, 2.05) is 0 Å². The molecule has 3 aromatic heterocycles. The zero-order valence-electron chi connectivity index (χ0n) is 15.9. The van der Waals surface area contributed by atoms with E-state index >= 15 is 0 Å². The third-order valence-corrected chi connectivity index (χ3v) is 6.41. The molecule has 3 heterocycles. The molecule has 7 nitrogen and oxygen atoms in total. The molecule has 1 atom stereocenters. The number of hydrogen-bond acceptors (Lipinski definition) is 6. The minimum absolute atomic E-state index is 0.0409. The predicted molar refractivity (Wildman–Crippen MR) is 106 cm³/mol. The van der Waals surface area contributed by atoms with Crippen LogP contribution in [0.5, 0.6) is 0 Å². The normalized spacial score (nSPS) is 16.6. The van der Waals surface area contributed by atoms with Crippen LogP contribution in [0.2, 0.25) is 0 Å². The summed E-state index contributed by atoms with van der Waals surface area (Å²) >= 11 is 1.45. The fourth-order valence-corrected chi connectivity index (χ4v) is 5.21. The minimum atomic E-state index is -4.82. The molecule has 0 bridgehead atoms. The number of nitrogens with two attached hydrogens (primary N) is 2. The van der Waals surface area contributed by atoms with Gasteiger partial charge in [-0.15, -0.1) is 11.3 Å². The number of halogens is 3. The van der Waals surface area contributed by atoms with E-state index in [2.05, 4.69) is 16.9 Å². The molecular formula is C19H18F3N5O2S. The molecule has 0 unspecified atom stereocenters. The number of anilines is 1. The molecule has 0 radical (unpaired) electrons. The van der Waals surface area contributed by atoms with Gasteiger partial charge in [0, 0.05) is 4.88 Å². The molecule has 30 heavy (non-hydrogen) atoms. The van der Waals surface area contributed by atoms with Crippen molar-refractivity contribution in [3.63, 3.8) is 0 Å². The molecule has 1 aliphatic carbocycles. The maximum atomic E-state index is 13.4. The molecule has 1 amide bonds. The Morgan fingerprint density at radius 2 is 2.07 bits per heavy atom. The summed E-state index contributed by atoms with van der Waals surface area (Å²) in [6, 6.07) is 1.42. The van der Waals surface area contributed by atoms with Crippen LogP contribution < -0.4 is 17.0 Å². The van der Waals surface area contributed by atoms with E-state index in [0.717, 1.165) is 41.2 Å². The summed E-state index contributed by atoms with van der Waals surface area (Å²) in [5.74, 6) is -0.447. The largest absolute Gasteiger partial charge is 0.431 e. The van der Waals surface area contributed by atoms with Gasteiger partial charge in [0.05, 0.1) is 11.9 Å². The Morgan fingerprint density at radius 1 is 1.33 bits per heavy atom. The lowest BCUT2D eigenvalue weighted by Crippen LogP contribution is -2.34. The van der Waals surface area contributed by atoms with Crippen molar-refractivity contribution in [2.75, 3.05) is 5.73 Å². The van der Waals surface area contributed by atoms with E-state index < -0.39 is 35.4 Å². The number of nitrogen functional groups attached to an aromatic ring is 1. The van der Waals surface area contributed by atoms with Crippen molar-refractivity contribution in [3.05, 3.63) is 50.0 Å². The van der Waals surface area contributed by atoms with Crippen LogP contribution in [-0.4, -0.2) is 20.4 Å². The quantitative estimate of drug-likeness (QED) is 0.653. The fourth-order valence-electron chi connectivity index (χ4n) is 3.80. The number of primary amides is 1. The predicted octanol–water partition coefficient (Wildman–Crippen LogP) is 2.73. The van der Waals surface area contributed by atoms with Gasteiger partial charge in [0.25, 0.3) is 11.5 Å². The third kappa shape index (κ3) is 3.42. The van der Waals surface area contributed by atoms with Crippen molar-refractivity contribution in [3.8, 4) is 0 Å². The van der Waals surface area contributed by atoms with Crippen molar-refractivity contribution in [2.45, 2.75) is 38.9 Å². The van der Waals surface area contributed by atoms with Gasteiger partial charge in [-0.25, -0.2) is 9.97 Å². The van der Waals surface area contributed by atoms with Crippen LogP contribution in [0.25, 0.3) is 10.2 Å². The number of rotatable bonds is 3. The van der Waals surface area contributed by atoms with Crippen molar-refractivity contribution in [2.24, 2.45) is 11.7 Å². The topological polar surface area (TPSA) is 117 Å². The average molecular weight is 437 g/mol. The molecule has 4 N–H and O–H groups in total.